The van der Waals surface area contributed by atoms with Crippen molar-refractivity contribution in [2.45, 2.75) is 38.3 Å². The number of benzene rings is 1. The van der Waals surface area contributed by atoms with E-state index in [1.54, 1.807) is 0 Å². The van der Waals surface area contributed by atoms with Crippen LogP contribution in [0.2, 0.25) is 0 Å². The van der Waals surface area contributed by atoms with Gasteiger partial charge in [-0.1, -0.05) is 18.2 Å². The first kappa shape index (κ1) is 13.9. The predicted octanol–water partition coefficient (Wildman–Crippen LogP) is 1.75. The van der Waals surface area contributed by atoms with Crippen molar-refractivity contribution in [3.8, 4) is 0 Å². The zero-order valence-electron chi connectivity index (χ0n) is 11.7. The highest BCUT2D eigenvalue weighted by Gasteiger charge is 2.36. The Morgan fingerprint density at radius 3 is 2.89 bits per heavy atom. The lowest BCUT2D eigenvalue weighted by Crippen LogP contribution is -2.51. The number of nitrogens with zero attached hydrogens (tertiary/aromatic N) is 1. The normalized spacial score (nSPS) is 21.5. The molecule has 1 aliphatic heterocycles. The second-order valence-corrected chi connectivity index (χ2v) is 5.41. The van der Waals surface area contributed by atoms with Crippen molar-refractivity contribution in [2.24, 2.45) is 0 Å². The number of ether oxygens (including phenoxy) is 1. The van der Waals surface area contributed by atoms with Gasteiger partial charge in [0.05, 0.1) is 13.7 Å². The number of rotatable bonds is 3. The van der Waals surface area contributed by atoms with Crippen LogP contribution in [0.15, 0.2) is 24.3 Å². The molecule has 0 amide bonds. The highest BCUT2D eigenvalue weighted by molar-refractivity contribution is 5.79. The monoisotopic (exact) mass is 263 g/mol. The third-order valence-electron chi connectivity index (χ3n) is 3.77. The molecule has 4 nitrogen and oxygen atoms in total. The number of methoxy groups -OCH3 is 1. The van der Waals surface area contributed by atoms with Crippen molar-refractivity contribution in [1.29, 1.82) is 0 Å². The van der Waals surface area contributed by atoms with Crippen LogP contribution in [-0.2, 0) is 16.0 Å². The minimum absolute atomic E-state index is 0.248. The molecule has 0 saturated carbocycles. The summed E-state index contributed by atoms with van der Waals surface area (Å²) in [5, 5.41) is 10.3. The average Bonchev–Trinajstić information content (AvgIpc) is 2.41. The van der Waals surface area contributed by atoms with Gasteiger partial charge >= 0.3 is 5.97 Å². The summed E-state index contributed by atoms with van der Waals surface area (Å²) in [6.45, 7) is 3.87. The van der Waals surface area contributed by atoms with Gasteiger partial charge in [-0.25, -0.2) is 4.79 Å². The summed E-state index contributed by atoms with van der Waals surface area (Å²) < 4.78 is 4.66. The number of anilines is 1. The van der Waals surface area contributed by atoms with E-state index in [2.05, 4.69) is 22.6 Å². The Labute approximate surface area is 114 Å². The molecule has 1 aromatic rings. The van der Waals surface area contributed by atoms with Crippen LogP contribution in [0.1, 0.15) is 25.8 Å². The van der Waals surface area contributed by atoms with Gasteiger partial charge in [-0.05, 0) is 38.3 Å². The van der Waals surface area contributed by atoms with E-state index in [0.717, 1.165) is 18.5 Å². The fourth-order valence-corrected chi connectivity index (χ4v) is 2.62. The van der Waals surface area contributed by atoms with Crippen LogP contribution in [0.4, 0.5) is 5.69 Å². The largest absolute Gasteiger partial charge is 0.467 e. The van der Waals surface area contributed by atoms with Gasteiger partial charge in [0.15, 0.2) is 5.60 Å². The van der Waals surface area contributed by atoms with Crippen LogP contribution < -0.4 is 4.90 Å². The Morgan fingerprint density at radius 1 is 1.53 bits per heavy atom. The number of hydrogen-bond donors (Lipinski definition) is 1. The summed E-state index contributed by atoms with van der Waals surface area (Å²) >= 11 is 0. The molecule has 2 unspecified atom stereocenters. The molecule has 1 heterocycles. The summed E-state index contributed by atoms with van der Waals surface area (Å²) in [5.41, 5.74) is 0.875. The number of esters is 1. The van der Waals surface area contributed by atoms with Gasteiger partial charge in [0, 0.05) is 11.7 Å². The van der Waals surface area contributed by atoms with Crippen molar-refractivity contribution in [3.63, 3.8) is 0 Å². The van der Waals surface area contributed by atoms with E-state index in [4.69, 9.17) is 0 Å². The minimum Gasteiger partial charge on any atom is -0.467 e. The van der Waals surface area contributed by atoms with E-state index in [1.165, 1.54) is 19.6 Å². The Bertz CT molecular complexity index is 470. The molecule has 1 N–H and O–H groups in total. The van der Waals surface area contributed by atoms with E-state index in [1.807, 2.05) is 18.2 Å². The van der Waals surface area contributed by atoms with Crippen LogP contribution in [0.3, 0.4) is 0 Å². The molecule has 0 spiro atoms. The van der Waals surface area contributed by atoms with Crippen LogP contribution in [0.25, 0.3) is 0 Å². The van der Waals surface area contributed by atoms with Gasteiger partial charge in [-0.3, -0.25) is 0 Å². The molecule has 0 bridgehead atoms. The number of aliphatic hydroxyl groups is 1. The number of hydrogen-bond acceptors (Lipinski definition) is 4. The summed E-state index contributed by atoms with van der Waals surface area (Å²) in [7, 11) is 1.30. The first-order valence-electron chi connectivity index (χ1n) is 6.61. The van der Waals surface area contributed by atoms with Gasteiger partial charge < -0.3 is 14.7 Å². The highest BCUT2D eigenvalue weighted by atomic mass is 16.5. The lowest BCUT2D eigenvalue weighted by molar-refractivity contribution is -0.159. The molecule has 0 aliphatic carbocycles. The standard InChI is InChI=1S/C15H21NO3/c1-11-8-9-12-6-4-5-7-13(12)16(11)10-15(2,18)14(17)19-3/h4-7,11,18H,8-10H2,1-3H3. The van der Waals surface area contributed by atoms with Crippen molar-refractivity contribution in [1.82, 2.24) is 0 Å². The SMILES string of the molecule is COC(=O)C(C)(O)CN1c2ccccc2CCC1C. The number of carbonyl (C=O) groups is 1. The molecule has 104 valence electrons. The third kappa shape index (κ3) is 2.73. The fourth-order valence-electron chi connectivity index (χ4n) is 2.62. The van der Waals surface area contributed by atoms with Gasteiger partial charge in [0.1, 0.15) is 0 Å². The molecule has 19 heavy (non-hydrogen) atoms. The van der Waals surface area contributed by atoms with Crippen molar-refractivity contribution < 1.29 is 14.6 Å². The van der Waals surface area contributed by atoms with E-state index >= 15 is 0 Å². The average molecular weight is 263 g/mol. The summed E-state index contributed by atoms with van der Waals surface area (Å²) in [5.74, 6) is -0.595. The Balaban J connectivity index is 2.27. The fraction of sp³-hybridized carbons (Fsp3) is 0.533. The second kappa shape index (κ2) is 5.21. The number of β-amino-alcohol motifs (C(OH)–C–C–N with tert-alkyl or cyclic N) is 1. The molecule has 1 aliphatic rings. The summed E-state index contributed by atoms with van der Waals surface area (Å²) in [6.07, 6.45) is 2.06. The summed E-state index contributed by atoms with van der Waals surface area (Å²) in [4.78, 5) is 13.7. The van der Waals surface area contributed by atoms with Gasteiger partial charge in [0.25, 0.3) is 0 Å². The number of aryl methyl sites for hydroxylation is 1. The van der Waals surface area contributed by atoms with Gasteiger partial charge in [0.2, 0.25) is 0 Å². The molecule has 2 rings (SSSR count). The van der Waals surface area contributed by atoms with Crippen molar-refractivity contribution in [2.75, 3.05) is 18.6 Å². The number of fused-ring (bicyclic) bond motifs is 1. The van der Waals surface area contributed by atoms with E-state index in [0.29, 0.717) is 6.04 Å². The minimum atomic E-state index is -1.49. The molecular formula is C15H21NO3. The molecule has 1 aromatic carbocycles. The van der Waals surface area contributed by atoms with E-state index in [-0.39, 0.29) is 6.54 Å². The number of para-hydroxylation sites is 1. The summed E-state index contributed by atoms with van der Waals surface area (Å²) in [6, 6.07) is 8.44. The Morgan fingerprint density at radius 2 is 2.21 bits per heavy atom. The molecule has 0 radical (unpaired) electrons. The van der Waals surface area contributed by atoms with Crippen LogP contribution in [-0.4, -0.2) is 36.4 Å². The van der Waals surface area contributed by atoms with Gasteiger partial charge in [-0.2, -0.15) is 0 Å². The smallest absolute Gasteiger partial charge is 0.339 e. The first-order chi connectivity index (χ1) is 8.95. The number of carbonyl (C=O) groups excluding carboxylic acids is 1. The first-order valence-corrected chi connectivity index (χ1v) is 6.61. The molecule has 0 fully saturated rings. The zero-order chi connectivity index (χ0) is 14.0. The zero-order valence-corrected chi connectivity index (χ0v) is 11.7. The predicted molar refractivity (Wildman–Crippen MR) is 74.2 cm³/mol. The van der Waals surface area contributed by atoms with Crippen LogP contribution >= 0.6 is 0 Å². The maximum absolute atomic E-state index is 11.6. The maximum Gasteiger partial charge on any atom is 0.339 e. The third-order valence-corrected chi connectivity index (χ3v) is 3.77. The van der Waals surface area contributed by atoms with Crippen LogP contribution in [0, 0.1) is 0 Å². The second-order valence-electron chi connectivity index (χ2n) is 5.41. The van der Waals surface area contributed by atoms with Gasteiger partial charge in [-0.15, -0.1) is 0 Å². The van der Waals surface area contributed by atoms with E-state index in [9.17, 15) is 9.90 Å². The van der Waals surface area contributed by atoms with Crippen molar-refractivity contribution >= 4 is 11.7 Å². The molecular weight excluding hydrogens is 242 g/mol. The molecule has 2 atom stereocenters. The highest BCUT2D eigenvalue weighted by Crippen LogP contribution is 2.31. The van der Waals surface area contributed by atoms with E-state index < -0.39 is 11.6 Å². The Hall–Kier alpha value is -1.55. The lowest BCUT2D eigenvalue weighted by Gasteiger charge is -2.40. The maximum atomic E-state index is 11.6. The quantitative estimate of drug-likeness (QED) is 0.844. The van der Waals surface area contributed by atoms with Crippen LogP contribution in [0.5, 0.6) is 0 Å². The molecule has 0 aromatic heterocycles. The molecule has 0 saturated heterocycles. The Kier molecular flexibility index (Phi) is 3.80. The van der Waals surface area contributed by atoms with Crippen molar-refractivity contribution in [3.05, 3.63) is 29.8 Å². The lowest BCUT2D eigenvalue weighted by atomic mass is 9.94. The topological polar surface area (TPSA) is 49.8 Å². The molecule has 4 heteroatoms.